The van der Waals surface area contributed by atoms with E-state index in [1.54, 1.807) is 11.0 Å². The van der Waals surface area contributed by atoms with Gasteiger partial charge in [0.2, 0.25) is 0 Å². The number of aliphatic carboxylic acids is 1. The molecule has 1 fully saturated rings. The summed E-state index contributed by atoms with van der Waals surface area (Å²) in [5.41, 5.74) is 0. The summed E-state index contributed by atoms with van der Waals surface area (Å²) < 4.78 is 0. The van der Waals surface area contributed by atoms with Gasteiger partial charge in [0.1, 0.15) is 0 Å². The van der Waals surface area contributed by atoms with E-state index in [1.165, 1.54) is 11.3 Å². The van der Waals surface area contributed by atoms with Crippen molar-refractivity contribution in [3.05, 3.63) is 22.4 Å². The predicted octanol–water partition coefficient (Wildman–Crippen LogP) is 1.83. The Morgan fingerprint density at radius 2 is 2.38 bits per heavy atom. The van der Waals surface area contributed by atoms with Crippen molar-refractivity contribution in [3.63, 3.8) is 0 Å². The molecule has 1 aliphatic rings. The van der Waals surface area contributed by atoms with Crippen molar-refractivity contribution < 1.29 is 14.7 Å². The Morgan fingerprint density at radius 3 is 3.00 bits per heavy atom. The lowest BCUT2D eigenvalue weighted by Gasteiger charge is -2.22. The molecule has 16 heavy (non-hydrogen) atoms. The Kier molecular flexibility index (Phi) is 3.24. The van der Waals surface area contributed by atoms with E-state index in [1.807, 2.05) is 11.4 Å². The summed E-state index contributed by atoms with van der Waals surface area (Å²) in [7, 11) is 0. The first-order valence-corrected chi connectivity index (χ1v) is 6.12. The standard InChI is InChI=1S/C11H13NO3S/c13-10(14)7-8-3-1-5-12(8)11(15)9-4-2-6-16-9/h2,4,6,8H,1,3,5,7H2,(H,13,14)/t8-/m0/s1. The van der Waals surface area contributed by atoms with E-state index in [0.717, 1.165) is 12.8 Å². The van der Waals surface area contributed by atoms with Gasteiger partial charge >= 0.3 is 5.97 Å². The van der Waals surface area contributed by atoms with Gasteiger partial charge < -0.3 is 10.0 Å². The lowest BCUT2D eigenvalue weighted by atomic mass is 10.1. The largest absolute Gasteiger partial charge is 0.481 e. The maximum absolute atomic E-state index is 12.0. The number of nitrogens with zero attached hydrogens (tertiary/aromatic N) is 1. The van der Waals surface area contributed by atoms with Crippen molar-refractivity contribution in [2.24, 2.45) is 0 Å². The molecule has 4 nitrogen and oxygen atoms in total. The Bertz CT molecular complexity index is 388. The second-order valence-electron chi connectivity index (χ2n) is 3.87. The van der Waals surface area contributed by atoms with Gasteiger partial charge in [-0.05, 0) is 24.3 Å². The third kappa shape index (κ3) is 2.24. The summed E-state index contributed by atoms with van der Waals surface area (Å²) in [4.78, 5) is 25.1. The number of amides is 1. The van der Waals surface area contributed by atoms with Crippen LogP contribution in [-0.4, -0.2) is 34.5 Å². The van der Waals surface area contributed by atoms with Gasteiger partial charge in [0.15, 0.2) is 0 Å². The lowest BCUT2D eigenvalue weighted by Crippen LogP contribution is -2.36. The lowest BCUT2D eigenvalue weighted by molar-refractivity contribution is -0.137. The number of carbonyl (C=O) groups excluding carboxylic acids is 1. The van der Waals surface area contributed by atoms with Gasteiger partial charge in [-0.15, -0.1) is 11.3 Å². The SMILES string of the molecule is O=C(O)C[C@@H]1CCCN1C(=O)c1cccs1. The van der Waals surface area contributed by atoms with Crippen molar-refractivity contribution in [1.82, 2.24) is 4.90 Å². The van der Waals surface area contributed by atoms with Gasteiger partial charge in [-0.1, -0.05) is 6.07 Å². The van der Waals surface area contributed by atoms with Crippen LogP contribution in [0.3, 0.4) is 0 Å². The van der Waals surface area contributed by atoms with Gasteiger partial charge in [-0.2, -0.15) is 0 Å². The highest BCUT2D eigenvalue weighted by Crippen LogP contribution is 2.23. The maximum atomic E-state index is 12.0. The quantitative estimate of drug-likeness (QED) is 0.875. The molecule has 0 aliphatic carbocycles. The molecule has 0 saturated carbocycles. The van der Waals surface area contributed by atoms with Gasteiger partial charge in [0.05, 0.1) is 11.3 Å². The zero-order valence-corrected chi connectivity index (χ0v) is 9.57. The van der Waals surface area contributed by atoms with E-state index in [4.69, 9.17) is 5.11 Å². The summed E-state index contributed by atoms with van der Waals surface area (Å²) in [5, 5.41) is 10.6. The van der Waals surface area contributed by atoms with Crippen LogP contribution < -0.4 is 0 Å². The molecule has 1 amide bonds. The van der Waals surface area contributed by atoms with Crippen LogP contribution in [0, 0.1) is 0 Å². The minimum Gasteiger partial charge on any atom is -0.481 e. The topological polar surface area (TPSA) is 57.6 Å². The molecule has 0 bridgehead atoms. The first-order valence-electron chi connectivity index (χ1n) is 5.25. The summed E-state index contributed by atoms with van der Waals surface area (Å²) in [6.45, 7) is 0.675. The van der Waals surface area contributed by atoms with Crippen LogP contribution in [-0.2, 0) is 4.79 Å². The maximum Gasteiger partial charge on any atom is 0.305 e. The van der Waals surface area contributed by atoms with Crippen molar-refractivity contribution in [2.75, 3.05) is 6.54 Å². The molecule has 1 aromatic heterocycles. The minimum atomic E-state index is -0.837. The van der Waals surface area contributed by atoms with Crippen molar-refractivity contribution in [2.45, 2.75) is 25.3 Å². The van der Waals surface area contributed by atoms with Gasteiger partial charge in [-0.25, -0.2) is 0 Å². The molecule has 0 radical (unpaired) electrons. The second-order valence-corrected chi connectivity index (χ2v) is 4.82. The van der Waals surface area contributed by atoms with E-state index in [9.17, 15) is 9.59 Å². The predicted molar refractivity (Wildman–Crippen MR) is 60.6 cm³/mol. The number of hydrogen-bond acceptors (Lipinski definition) is 3. The molecule has 0 unspecified atom stereocenters. The molecule has 2 heterocycles. The van der Waals surface area contributed by atoms with E-state index in [2.05, 4.69) is 0 Å². The number of carbonyl (C=O) groups is 2. The summed E-state index contributed by atoms with van der Waals surface area (Å²) in [6.07, 6.45) is 1.75. The van der Waals surface area contributed by atoms with Gasteiger partial charge in [0, 0.05) is 12.6 Å². The summed E-state index contributed by atoms with van der Waals surface area (Å²) in [6, 6.07) is 3.48. The van der Waals surface area contributed by atoms with Crippen LogP contribution in [0.1, 0.15) is 28.9 Å². The molecular weight excluding hydrogens is 226 g/mol. The Hall–Kier alpha value is -1.36. The van der Waals surface area contributed by atoms with Crippen LogP contribution in [0.2, 0.25) is 0 Å². The molecule has 5 heteroatoms. The second kappa shape index (κ2) is 4.65. The molecule has 1 N–H and O–H groups in total. The van der Waals surface area contributed by atoms with E-state index in [0.29, 0.717) is 11.4 Å². The van der Waals surface area contributed by atoms with Crippen LogP contribution in [0.15, 0.2) is 17.5 Å². The number of carboxylic acid groups (broad SMARTS) is 1. The summed E-state index contributed by atoms with van der Waals surface area (Å²) >= 11 is 1.40. The van der Waals surface area contributed by atoms with E-state index >= 15 is 0 Å². The number of rotatable bonds is 3. The Morgan fingerprint density at radius 1 is 1.56 bits per heavy atom. The number of thiophene rings is 1. The number of hydrogen-bond donors (Lipinski definition) is 1. The van der Waals surface area contributed by atoms with Gasteiger partial charge in [0.25, 0.3) is 5.91 Å². The fourth-order valence-corrected chi connectivity index (χ4v) is 2.74. The molecule has 2 rings (SSSR count). The number of likely N-dealkylation sites (tertiary alicyclic amines) is 1. The minimum absolute atomic E-state index is 0.0289. The summed E-state index contributed by atoms with van der Waals surface area (Å²) in [5.74, 6) is -0.866. The number of carboxylic acids is 1. The highest BCUT2D eigenvalue weighted by atomic mass is 32.1. The highest BCUT2D eigenvalue weighted by molar-refractivity contribution is 7.12. The van der Waals surface area contributed by atoms with Crippen LogP contribution in [0.25, 0.3) is 0 Å². The fourth-order valence-electron chi connectivity index (χ4n) is 2.06. The first kappa shape index (κ1) is 11.1. The molecule has 0 spiro atoms. The van der Waals surface area contributed by atoms with Crippen molar-refractivity contribution >= 4 is 23.2 Å². The van der Waals surface area contributed by atoms with E-state index < -0.39 is 5.97 Å². The monoisotopic (exact) mass is 239 g/mol. The molecule has 1 saturated heterocycles. The van der Waals surface area contributed by atoms with Crippen LogP contribution in [0.4, 0.5) is 0 Å². The molecular formula is C11H13NO3S. The smallest absolute Gasteiger partial charge is 0.305 e. The third-order valence-corrected chi connectivity index (χ3v) is 3.64. The normalized spacial score (nSPS) is 20.0. The zero-order valence-electron chi connectivity index (χ0n) is 8.76. The third-order valence-electron chi connectivity index (χ3n) is 2.78. The first-order chi connectivity index (χ1) is 7.68. The molecule has 1 aliphatic heterocycles. The van der Waals surface area contributed by atoms with Crippen molar-refractivity contribution in [3.8, 4) is 0 Å². The highest BCUT2D eigenvalue weighted by Gasteiger charge is 2.31. The molecule has 1 aromatic rings. The Balaban J connectivity index is 2.08. The Labute approximate surface area is 97.5 Å². The molecule has 1 atom stereocenters. The van der Waals surface area contributed by atoms with Crippen LogP contribution >= 0.6 is 11.3 Å². The fraction of sp³-hybridized carbons (Fsp3) is 0.455. The zero-order chi connectivity index (χ0) is 11.5. The molecule has 0 aromatic carbocycles. The average molecular weight is 239 g/mol. The van der Waals surface area contributed by atoms with Crippen LogP contribution in [0.5, 0.6) is 0 Å². The van der Waals surface area contributed by atoms with Crippen molar-refractivity contribution in [1.29, 1.82) is 0 Å². The molecule has 86 valence electrons. The average Bonchev–Trinajstić information content (AvgIpc) is 2.84. The van der Waals surface area contributed by atoms with Gasteiger partial charge in [-0.3, -0.25) is 9.59 Å². The van der Waals surface area contributed by atoms with E-state index in [-0.39, 0.29) is 18.4 Å².